The molecular weight excluding hydrogens is 675 g/mol. The number of carbonyl (C=O) groups is 2. The summed E-state index contributed by atoms with van der Waals surface area (Å²) in [6.07, 6.45) is 0. The van der Waals surface area contributed by atoms with Crippen molar-refractivity contribution in [1.29, 1.82) is 0 Å². The van der Waals surface area contributed by atoms with Crippen LogP contribution in [-0.2, 0) is 25.3 Å². The molecule has 2 saturated heterocycles. The Hall–Kier alpha value is -3.23. The first-order valence-corrected chi connectivity index (χ1v) is 17.9. The number of nitrogens with zero attached hydrogens (tertiary/aromatic N) is 4. The summed E-state index contributed by atoms with van der Waals surface area (Å²) in [6, 6.07) is 18.7. The highest BCUT2D eigenvalue weighted by atomic mass is 35.5. The second-order valence-electron chi connectivity index (χ2n) is 12.3. The quantitative estimate of drug-likeness (QED) is 0.327. The van der Waals surface area contributed by atoms with Gasteiger partial charge in [-0.1, -0.05) is 53.5 Å². The van der Waals surface area contributed by atoms with Crippen LogP contribution in [0.2, 0.25) is 10.0 Å². The number of carbonyl (C=O) groups excluding carboxylic acids is 2. The zero-order valence-corrected chi connectivity index (χ0v) is 30.1. The maximum atomic E-state index is 15.1. The molecule has 14 heteroatoms. The van der Waals surface area contributed by atoms with Crippen LogP contribution in [0.4, 0.5) is 0 Å². The van der Waals surface area contributed by atoms with E-state index in [1.807, 2.05) is 36.1 Å². The molecule has 1 unspecified atom stereocenters. The molecule has 0 spiro atoms. The van der Waals surface area contributed by atoms with E-state index in [4.69, 9.17) is 27.9 Å². The number of sulfonamides is 1. The van der Waals surface area contributed by atoms with Gasteiger partial charge in [-0.15, -0.1) is 0 Å². The number of nitrogens with one attached hydrogen (secondary N) is 2. The molecule has 258 valence electrons. The van der Waals surface area contributed by atoms with Crippen LogP contribution < -0.4 is 15.4 Å². The van der Waals surface area contributed by atoms with Crippen LogP contribution >= 0.6 is 23.2 Å². The molecule has 0 aromatic heterocycles. The number of halogens is 2. The number of hydrogen-bond acceptors (Lipinski definition) is 8. The Balaban J connectivity index is 1.63. The minimum atomic E-state index is -3.80. The van der Waals surface area contributed by atoms with Gasteiger partial charge >= 0.3 is 0 Å². The molecule has 3 atom stereocenters. The van der Waals surface area contributed by atoms with E-state index in [2.05, 4.69) is 10.6 Å². The van der Waals surface area contributed by atoms with Crippen molar-refractivity contribution < 1.29 is 22.7 Å². The van der Waals surface area contributed by atoms with Gasteiger partial charge in [0.05, 0.1) is 30.1 Å². The van der Waals surface area contributed by atoms with Gasteiger partial charge in [-0.2, -0.15) is 0 Å². The van der Waals surface area contributed by atoms with E-state index in [1.54, 1.807) is 54.2 Å². The topological polar surface area (TPSA) is 115 Å². The molecule has 0 saturated carbocycles. The molecule has 11 nitrogen and oxygen atoms in total. The highest BCUT2D eigenvalue weighted by Gasteiger charge is 2.54. The van der Waals surface area contributed by atoms with Crippen LogP contribution in [0.15, 0.2) is 71.6 Å². The Labute approximate surface area is 292 Å². The number of benzene rings is 3. The third kappa shape index (κ3) is 7.35. The van der Waals surface area contributed by atoms with Gasteiger partial charge in [0, 0.05) is 76.0 Å². The molecule has 0 aliphatic carbocycles. The van der Waals surface area contributed by atoms with Crippen LogP contribution in [0.5, 0.6) is 5.75 Å². The number of hydrogen-bond donors (Lipinski definition) is 2. The predicted octanol–water partition coefficient (Wildman–Crippen LogP) is 3.70. The molecule has 2 aliphatic rings. The van der Waals surface area contributed by atoms with Crippen LogP contribution in [0, 0.1) is 0 Å². The highest BCUT2D eigenvalue weighted by Crippen LogP contribution is 2.45. The van der Waals surface area contributed by atoms with Crippen molar-refractivity contribution in [3.63, 3.8) is 0 Å². The van der Waals surface area contributed by atoms with E-state index in [9.17, 15) is 13.2 Å². The van der Waals surface area contributed by atoms with Gasteiger partial charge in [0.25, 0.3) is 5.91 Å². The fraction of sp³-hybridized carbons (Fsp3) is 0.412. The predicted molar refractivity (Wildman–Crippen MR) is 187 cm³/mol. The summed E-state index contributed by atoms with van der Waals surface area (Å²) in [5.74, 6) is 0.00685. The summed E-state index contributed by atoms with van der Waals surface area (Å²) in [4.78, 5) is 32.9. The molecule has 2 fully saturated rings. The second-order valence-corrected chi connectivity index (χ2v) is 15.4. The van der Waals surface area contributed by atoms with Crippen molar-refractivity contribution in [2.45, 2.75) is 29.6 Å². The van der Waals surface area contributed by atoms with Crippen LogP contribution in [-0.4, -0.2) is 107 Å². The fourth-order valence-electron chi connectivity index (χ4n) is 6.10. The molecule has 2 N–H and O–H groups in total. The third-order valence-electron chi connectivity index (χ3n) is 8.81. The maximum Gasteiger partial charge on any atom is 0.262 e. The van der Waals surface area contributed by atoms with Crippen LogP contribution in [0.25, 0.3) is 0 Å². The molecule has 3 aromatic carbocycles. The molecule has 0 bridgehead atoms. The minimum Gasteiger partial charge on any atom is -0.493 e. The van der Waals surface area contributed by atoms with Gasteiger partial charge in [0.2, 0.25) is 15.9 Å². The SMILES string of the molecule is CCOc1cc(S(=O)(=O)N(C)C)ccc1C1(C(=O)N2CCN(CC(=O)N(C)C)CC2)N[C@H](c2ccc(Cl)cc2)[C@H](c2ccc(Cl)cc2)N1. The van der Waals surface area contributed by atoms with E-state index >= 15 is 4.79 Å². The number of likely N-dealkylation sites (N-methyl/N-ethyl adjacent to an activating group) is 1. The normalized spacial score (nSPS) is 21.8. The minimum absolute atomic E-state index is 0.00360. The second kappa shape index (κ2) is 14.7. The lowest BCUT2D eigenvalue weighted by Gasteiger charge is -2.40. The van der Waals surface area contributed by atoms with Crippen molar-refractivity contribution in [2.24, 2.45) is 0 Å². The third-order valence-corrected chi connectivity index (χ3v) is 11.1. The lowest BCUT2D eigenvalue weighted by molar-refractivity contribution is -0.142. The van der Waals surface area contributed by atoms with E-state index < -0.39 is 27.8 Å². The molecule has 2 amide bonds. The largest absolute Gasteiger partial charge is 0.493 e. The summed E-state index contributed by atoms with van der Waals surface area (Å²) in [5.41, 5.74) is 0.686. The molecule has 0 radical (unpaired) electrons. The monoisotopic (exact) mass is 716 g/mol. The average molecular weight is 718 g/mol. The summed E-state index contributed by atoms with van der Waals surface area (Å²) >= 11 is 12.5. The zero-order chi connectivity index (χ0) is 34.8. The lowest BCUT2D eigenvalue weighted by atomic mass is 9.95. The number of amides is 2. The van der Waals surface area contributed by atoms with Crippen molar-refractivity contribution in [1.82, 2.24) is 29.6 Å². The van der Waals surface area contributed by atoms with Gasteiger partial charge in [-0.25, -0.2) is 12.7 Å². The first-order chi connectivity index (χ1) is 22.8. The lowest BCUT2D eigenvalue weighted by Crippen LogP contribution is -2.62. The standard InChI is InChI=1S/C34H42Cl2N6O5S/c1-6-47-29-21-27(48(45,46)40(4)5)15-16-28(29)34(33(44)42-19-17-41(18-20-42)22-30(43)39(2)3)37-31(23-7-11-25(35)12-8-23)32(38-34)24-9-13-26(36)14-10-24/h7-16,21,31-32,37-38H,6,17-20,22H2,1-5H3/t31-,32+,34?. The van der Waals surface area contributed by atoms with Crippen LogP contribution in [0.1, 0.15) is 35.7 Å². The Morgan fingerprint density at radius 1 is 0.854 bits per heavy atom. The van der Waals surface area contributed by atoms with Crippen molar-refractivity contribution in [3.8, 4) is 5.75 Å². The first kappa shape index (κ1) is 36.1. The first-order valence-electron chi connectivity index (χ1n) is 15.7. The molecule has 3 aromatic rings. The van der Waals surface area contributed by atoms with Gasteiger partial charge in [-0.05, 0) is 48.4 Å². The van der Waals surface area contributed by atoms with Crippen molar-refractivity contribution in [3.05, 3.63) is 93.5 Å². The molecule has 2 heterocycles. The van der Waals surface area contributed by atoms with E-state index in [0.717, 1.165) is 15.4 Å². The number of piperazine rings is 1. The van der Waals surface area contributed by atoms with E-state index in [1.165, 1.54) is 26.2 Å². The Morgan fingerprint density at radius 2 is 1.38 bits per heavy atom. The Morgan fingerprint density at radius 3 is 1.83 bits per heavy atom. The molecule has 5 rings (SSSR count). The maximum absolute atomic E-state index is 15.1. The Bertz CT molecular complexity index is 1680. The zero-order valence-electron chi connectivity index (χ0n) is 27.7. The summed E-state index contributed by atoms with van der Waals surface area (Å²) in [5, 5.41) is 8.49. The van der Waals surface area contributed by atoms with Gasteiger partial charge in [0.1, 0.15) is 5.75 Å². The van der Waals surface area contributed by atoms with Gasteiger partial charge < -0.3 is 14.5 Å². The summed E-state index contributed by atoms with van der Waals surface area (Å²) in [6.45, 7) is 4.12. The Kier molecular flexibility index (Phi) is 11.1. The van der Waals surface area contributed by atoms with Crippen molar-refractivity contribution in [2.75, 3.05) is 67.5 Å². The summed E-state index contributed by atoms with van der Waals surface area (Å²) < 4.78 is 33.6. The van der Waals surface area contributed by atoms with E-state index in [0.29, 0.717) is 41.8 Å². The van der Waals surface area contributed by atoms with Crippen LogP contribution in [0.3, 0.4) is 0 Å². The number of ether oxygens (including phenoxy) is 1. The number of rotatable bonds is 10. The average Bonchev–Trinajstić information content (AvgIpc) is 3.47. The smallest absolute Gasteiger partial charge is 0.262 e. The van der Waals surface area contributed by atoms with E-state index in [-0.39, 0.29) is 35.6 Å². The molecule has 48 heavy (non-hydrogen) atoms. The highest BCUT2D eigenvalue weighted by molar-refractivity contribution is 7.89. The van der Waals surface area contributed by atoms with Crippen molar-refractivity contribution >= 4 is 45.0 Å². The van der Waals surface area contributed by atoms with Gasteiger partial charge in [-0.3, -0.25) is 25.1 Å². The molecule has 2 aliphatic heterocycles. The van der Waals surface area contributed by atoms with Gasteiger partial charge in [0.15, 0.2) is 5.66 Å². The fourth-order valence-corrected chi connectivity index (χ4v) is 7.27. The summed E-state index contributed by atoms with van der Waals surface area (Å²) in [7, 11) is 2.58. The molecular formula is C34H42Cl2N6O5S.